The van der Waals surface area contributed by atoms with Crippen LogP contribution in [0.15, 0.2) is 17.0 Å². The van der Waals surface area contributed by atoms with Gasteiger partial charge in [0.25, 0.3) is 0 Å². The van der Waals surface area contributed by atoms with Crippen LogP contribution < -0.4 is 0 Å². The number of nitrogens with zero attached hydrogens (tertiary/aromatic N) is 1. The van der Waals surface area contributed by atoms with Crippen LogP contribution in [0.3, 0.4) is 0 Å². The second kappa shape index (κ2) is 5.17. The van der Waals surface area contributed by atoms with Crippen molar-refractivity contribution in [3.8, 4) is 0 Å². The van der Waals surface area contributed by atoms with Gasteiger partial charge in [-0.05, 0) is 43.0 Å². The first kappa shape index (κ1) is 13.8. The monoisotopic (exact) mass is 289 g/mol. The first-order valence-electron chi connectivity index (χ1n) is 5.87. The molecule has 0 bridgehead atoms. The lowest BCUT2D eigenvalue weighted by atomic mass is 10.1. The van der Waals surface area contributed by atoms with Crippen molar-refractivity contribution in [2.75, 3.05) is 13.1 Å². The summed E-state index contributed by atoms with van der Waals surface area (Å²) in [6.45, 7) is 2.60. The van der Waals surface area contributed by atoms with Gasteiger partial charge in [-0.2, -0.15) is 4.31 Å². The van der Waals surface area contributed by atoms with Crippen LogP contribution in [0.2, 0.25) is 5.02 Å². The van der Waals surface area contributed by atoms with Crippen molar-refractivity contribution in [1.29, 1.82) is 0 Å². The highest BCUT2D eigenvalue weighted by Gasteiger charge is 2.29. The molecule has 6 heteroatoms. The Labute approximate surface area is 112 Å². The summed E-state index contributed by atoms with van der Waals surface area (Å²) in [5.74, 6) is 0. The third kappa shape index (κ3) is 2.40. The average molecular weight is 290 g/mol. The number of rotatable bonds is 3. The van der Waals surface area contributed by atoms with Crippen molar-refractivity contribution < 1.29 is 13.5 Å². The van der Waals surface area contributed by atoms with E-state index in [9.17, 15) is 13.5 Å². The molecule has 0 atom stereocenters. The Kier molecular flexibility index (Phi) is 3.96. The van der Waals surface area contributed by atoms with Gasteiger partial charge >= 0.3 is 0 Å². The number of benzene rings is 1. The van der Waals surface area contributed by atoms with E-state index in [4.69, 9.17) is 11.6 Å². The molecule has 100 valence electrons. The number of aliphatic hydroxyl groups excluding tert-OH is 1. The summed E-state index contributed by atoms with van der Waals surface area (Å²) < 4.78 is 26.4. The molecule has 0 aromatic heterocycles. The van der Waals surface area contributed by atoms with Crippen LogP contribution in [-0.4, -0.2) is 30.9 Å². The topological polar surface area (TPSA) is 57.6 Å². The van der Waals surface area contributed by atoms with Crippen molar-refractivity contribution in [2.24, 2.45) is 0 Å². The molecule has 1 aliphatic rings. The molecule has 18 heavy (non-hydrogen) atoms. The smallest absolute Gasteiger partial charge is 0.243 e. The summed E-state index contributed by atoms with van der Waals surface area (Å²) in [5, 5.41) is 9.57. The fraction of sp³-hybridized carbons (Fsp3) is 0.500. The van der Waals surface area contributed by atoms with Gasteiger partial charge in [-0.3, -0.25) is 0 Å². The number of hydrogen-bond acceptors (Lipinski definition) is 3. The predicted octanol–water partition coefficient (Wildman–Crippen LogP) is 1.93. The number of aliphatic hydroxyl groups is 1. The van der Waals surface area contributed by atoms with Crippen LogP contribution in [0.5, 0.6) is 0 Å². The molecule has 0 spiro atoms. The highest BCUT2D eigenvalue weighted by molar-refractivity contribution is 7.89. The molecule has 1 fully saturated rings. The van der Waals surface area contributed by atoms with Gasteiger partial charge in [0.05, 0.1) is 11.5 Å². The maximum atomic E-state index is 12.5. The Morgan fingerprint density at radius 1 is 1.33 bits per heavy atom. The minimum absolute atomic E-state index is 0.209. The molecule has 1 aliphatic heterocycles. The van der Waals surface area contributed by atoms with E-state index >= 15 is 0 Å². The first-order chi connectivity index (χ1) is 8.46. The lowest BCUT2D eigenvalue weighted by Gasteiger charge is -2.18. The van der Waals surface area contributed by atoms with E-state index in [-0.39, 0.29) is 11.5 Å². The van der Waals surface area contributed by atoms with E-state index in [2.05, 4.69) is 0 Å². The number of sulfonamides is 1. The minimum atomic E-state index is -3.49. The van der Waals surface area contributed by atoms with Gasteiger partial charge in [0.15, 0.2) is 0 Å². The van der Waals surface area contributed by atoms with Crippen molar-refractivity contribution in [3.05, 3.63) is 28.3 Å². The summed E-state index contributed by atoms with van der Waals surface area (Å²) >= 11 is 5.92. The van der Waals surface area contributed by atoms with Gasteiger partial charge < -0.3 is 5.11 Å². The van der Waals surface area contributed by atoms with E-state index in [0.29, 0.717) is 29.2 Å². The first-order valence-corrected chi connectivity index (χ1v) is 7.68. The standard InChI is InChI=1S/C12H16ClNO3S/c1-9-10(8-15)6-11(13)7-12(9)18(16,17)14-4-2-3-5-14/h6-7,15H,2-5,8H2,1H3. The van der Waals surface area contributed by atoms with Crippen molar-refractivity contribution >= 4 is 21.6 Å². The molecule has 0 unspecified atom stereocenters. The zero-order valence-electron chi connectivity index (χ0n) is 10.2. The van der Waals surface area contributed by atoms with Crippen LogP contribution in [0.25, 0.3) is 0 Å². The average Bonchev–Trinajstić information content (AvgIpc) is 2.85. The second-order valence-electron chi connectivity index (χ2n) is 4.46. The van der Waals surface area contributed by atoms with Crippen molar-refractivity contribution in [1.82, 2.24) is 4.31 Å². The summed E-state index contributed by atoms with van der Waals surface area (Å²) in [6, 6.07) is 3.06. The van der Waals surface area contributed by atoms with Crippen LogP contribution in [0.1, 0.15) is 24.0 Å². The molecule has 0 saturated carbocycles. The maximum absolute atomic E-state index is 12.5. The van der Waals surface area contributed by atoms with Crippen LogP contribution >= 0.6 is 11.6 Å². The van der Waals surface area contributed by atoms with Gasteiger partial charge in [-0.15, -0.1) is 0 Å². The zero-order chi connectivity index (χ0) is 13.3. The Morgan fingerprint density at radius 3 is 2.50 bits per heavy atom. The molecule has 0 amide bonds. The fourth-order valence-electron chi connectivity index (χ4n) is 2.21. The number of hydrogen-bond donors (Lipinski definition) is 1. The summed E-state index contributed by atoms with van der Waals surface area (Å²) in [5.41, 5.74) is 1.13. The SMILES string of the molecule is Cc1c(CO)cc(Cl)cc1S(=O)(=O)N1CCCC1. The van der Waals surface area contributed by atoms with Crippen LogP contribution in [0.4, 0.5) is 0 Å². The highest BCUT2D eigenvalue weighted by Crippen LogP contribution is 2.28. The predicted molar refractivity (Wildman–Crippen MR) is 70.1 cm³/mol. The molecule has 4 nitrogen and oxygen atoms in total. The summed E-state index contributed by atoms with van der Waals surface area (Å²) in [7, 11) is -3.49. The van der Waals surface area contributed by atoms with Gasteiger partial charge in [-0.1, -0.05) is 11.6 Å². The fourth-order valence-corrected chi connectivity index (χ4v) is 4.32. The summed E-state index contributed by atoms with van der Waals surface area (Å²) in [6.07, 6.45) is 1.79. The minimum Gasteiger partial charge on any atom is -0.392 e. The Morgan fingerprint density at radius 2 is 1.94 bits per heavy atom. The van der Waals surface area contributed by atoms with E-state index in [1.807, 2.05) is 0 Å². The van der Waals surface area contributed by atoms with E-state index < -0.39 is 10.0 Å². The molecule has 1 N–H and O–H groups in total. The maximum Gasteiger partial charge on any atom is 0.243 e. The molecule has 1 aromatic rings. The third-order valence-electron chi connectivity index (χ3n) is 3.29. The van der Waals surface area contributed by atoms with Crippen molar-refractivity contribution in [2.45, 2.75) is 31.3 Å². The van der Waals surface area contributed by atoms with Gasteiger partial charge in [-0.25, -0.2) is 8.42 Å². The Balaban J connectivity index is 2.53. The van der Waals surface area contributed by atoms with Gasteiger partial charge in [0.2, 0.25) is 10.0 Å². The molecule has 1 aromatic carbocycles. The molecule has 1 saturated heterocycles. The number of halogens is 1. The van der Waals surface area contributed by atoms with E-state index in [1.165, 1.54) is 10.4 Å². The van der Waals surface area contributed by atoms with E-state index in [1.54, 1.807) is 13.0 Å². The molecule has 2 rings (SSSR count). The van der Waals surface area contributed by atoms with Gasteiger partial charge in [0.1, 0.15) is 0 Å². The summed E-state index contributed by atoms with van der Waals surface area (Å²) in [4.78, 5) is 0.209. The third-order valence-corrected chi connectivity index (χ3v) is 5.53. The zero-order valence-corrected chi connectivity index (χ0v) is 11.8. The molecule has 1 heterocycles. The molecular weight excluding hydrogens is 274 g/mol. The highest BCUT2D eigenvalue weighted by atomic mass is 35.5. The normalized spacial score (nSPS) is 17.3. The van der Waals surface area contributed by atoms with Gasteiger partial charge in [0, 0.05) is 18.1 Å². The second-order valence-corrected chi connectivity index (χ2v) is 6.80. The Hall–Kier alpha value is -0.620. The van der Waals surface area contributed by atoms with E-state index in [0.717, 1.165) is 12.8 Å². The lowest BCUT2D eigenvalue weighted by molar-refractivity contribution is 0.280. The quantitative estimate of drug-likeness (QED) is 0.925. The lowest BCUT2D eigenvalue weighted by Crippen LogP contribution is -2.28. The Bertz CT molecular complexity index is 551. The molecular formula is C12H16ClNO3S. The molecule has 0 aliphatic carbocycles. The van der Waals surface area contributed by atoms with Crippen LogP contribution in [-0.2, 0) is 16.6 Å². The molecule has 0 radical (unpaired) electrons. The largest absolute Gasteiger partial charge is 0.392 e. The van der Waals surface area contributed by atoms with Crippen molar-refractivity contribution in [3.63, 3.8) is 0 Å². The van der Waals surface area contributed by atoms with Crippen LogP contribution in [0, 0.1) is 6.92 Å².